The van der Waals surface area contributed by atoms with Crippen LogP contribution in [0.5, 0.6) is 17.2 Å². The molecule has 6 heteroatoms. The zero-order valence-electron chi connectivity index (χ0n) is 18.0. The standard InChI is InChI=1S/C26H25ClN2O3/c1-3-6-19-9-14-24(25(17-19)30-2)31-16-15-29-23-8-5-4-7-22(23)28-26(29)18-32-21-12-10-20(27)11-13-21/h3-5,7-14,17H,1,6,15-16,18H2,2H3. The first-order chi connectivity index (χ1) is 15.7. The Labute approximate surface area is 192 Å². The number of hydrogen-bond acceptors (Lipinski definition) is 4. The minimum Gasteiger partial charge on any atom is -0.493 e. The number of hydrogen-bond donors (Lipinski definition) is 0. The second-order valence-electron chi connectivity index (χ2n) is 7.24. The Morgan fingerprint density at radius 2 is 1.81 bits per heavy atom. The lowest BCUT2D eigenvalue weighted by molar-refractivity contribution is 0.264. The molecule has 0 fully saturated rings. The highest BCUT2D eigenvalue weighted by Crippen LogP contribution is 2.28. The summed E-state index contributed by atoms with van der Waals surface area (Å²) in [7, 11) is 1.65. The van der Waals surface area contributed by atoms with E-state index in [1.165, 1.54) is 0 Å². The van der Waals surface area contributed by atoms with Crippen molar-refractivity contribution in [3.05, 3.63) is 95.8 Å². The Morgan fingerprint density at radius 1 is 1.00 bits per heavy atom. The molecule has 5 nitrogen and oxygen atoms in total. The van der Waals surface area contributed by atoms with E-state index in [1.807, 2.05) is 54.6 Å². The van der Waals surface area contributed by atoms with Crippen LogP contribution in [-0.4, -0.2) is 23.3 Å². The number of fused-ring (bicyclic) bond motifs is 1. The molecule has 0 amide bonds. The number of halogens is 1. The lowest BCUT2D eigenvalue weighted by Crippen LogP contribution is -2.13. The monoisotopic (exact) mass is 448 g/mol. The van der Waals surface area contributed by atoms with E-state index < -0.39 is 0 Å². The number of methoxy groups -OCH3 is 1. The smallest absolute Gasteiger partial charge is 0.161 e. The van der Waals surface area contributed by atoms with Crippen molar-refractivity contribution in [3.63, 3.8) is 0 Å². The van der Waals surface area contributed by atoms with Gasteiger partial charge in [-0.05, 0) is 60.5 Å². The van der Waals surface area contributed by atoms with Gasteiger partial charge < -0.3 is 18.8 Å². The zero-order valence-corrected chi connectivity index (χ0v) is 18.7. The van der Waals surface area contributed by atoms with Gasteiger partial charge in [0.15, 0.2) is 11.5 Å². The molecule has 1 heterocycles. The van der Waals surface area contributed by atoms with Crippen LogP contribution in [0.15, 0.2) is 79.4 Å². The van der Waals surface area contributed by atoms with Crippen LogP contribution in [0.4, 0.5) is 0 Å². The molecule has 4 aromatic rings. The van der Waals surface area contributed by atoms with Crippen LogP contribution >= 0.6 is 11.6 Å². The van der Waals surface area contributed by atoms with Gasteiger partial charge in [0.2, 0.25) is 0 Å². The van der Waals surface area contributed by atoms with E-state index in [2.05, 4.69) is 17.2 Å². The quantitative estimate of drug-likeness (QED) is 0.275. The van der Waals surface area contributed by atoms with Gasteiger partial charge >= 0.3 is 0 Å². The molecule has 0 aliphatic heterocycles. The molecule has 0 radical (unpaired) electrons. The summed E-state index contributed by atoms with van der Waals surface area (Å²) >= 11 is 5.96. The summed E-state index contributed by atoms with van der Waals surface area (Å²) in [5, 5.41) is 0.676. The van der Waals surface area contributed by atoms with Gasteiger partial charge in [-0.25, -0.2) is 4.98 Å². The van der Waals surface area contributed by atoms with Gasteiger partial charge in [-0.15, -0.1) is 6.58 Å². The van der Waals surface area contributed by atoms with Crippen molar-refractivity contribution >= 4 is 22.6 Å². The summed E-state index contributed by atoms with van der Waals surface area (Å²) in [5.41, 5.74) is 3.10. The SMILES string of the molecule is C=CCc1ccc(OCCn2c(COc3ccc(Cl)cc3)nc3ccccc32)c(OC)c1. The first-order valence-electron chi connectivity index (χ1n) is 10.4. The highest BCUT2D eigenvalue weighted by Gasteiger charge is 2.12. The molecule has 164 valence electrons. The fraction of sp³-hybridized carbons (Fsp3) is 0.192. The van der Waals surface area contributed by atoms with E-state index in [1.54, 1.807) is 19.2 Å². The van der Waals surface area contributed by atoms with Gasteiger partial charge in [0, 0.05) is 5.02 Å². The first kappa shape index (κ1) is 21.8. The van der Waals surface area contributed by atoms with E-state index in [0.717, 1.165) is 34.6 Å². The van der Waals surface area contributed by atoms with Crippen molar-refractivity contribution in [2.24, 2.45) is 0 Å². The van der Waals surface area contributed by atoms with Gasteiger partial charge in [-0.3, -0.25) is 0 Å². The molecule has 0 aliphatic carbocycles. The van der Waals surface area contributed by atoms with Crippen LogP contribution in [0, 0.1) is 0 Å². The highest BCUT2D eigenvalue weighted by molar-refractivity contribution is 6.30. The number of benzene rings is 3. The Bertz CT molecular complexity index is 1200. The van der Waals surface area contributed by atoms with Gasteiger partial charge in [0.05, 0.1) is 24.7 Å². The predicted octanol–water partition coefficient (Wildman–Crippen LogP) is 6.08. The summed E-state index contributed by atoms with van der Waals surface area (Å²) in [6.45, 7) is 5.22. The van der Waals surface area contributed by atoms with Crippen LogP contribution < -0.4 is 14.2 Å². The average Bonchev–Trinajstić information content (AvgIpc) is 3.17. The molecular formula is C26H25ClN2O3. The van der Waals surface area contributed by atoms with Gasteiger partial charge in [-0.2, -0.15) is 0 Å². The maximum Gasteiger partial charge on any atom is 0.161 e. The predicted molar refractivity (Wildman–Crippen MR) is 128 cm³/mol. The van der Waals surface area contributed by atoms with Crippen LogP contribution in [-0.2, 0) is 19.6 Å². The summed E-state index contributed by atoms with van der Waals surface area (Å²) in [5.74, 6) is 3.00. The molecule has 0 saturated carbocycles. The largest absolute Gasteiger partial charge is 0.493 e. The van der Waals surface area contributed by atoms with Crippen LogP contribution in [0.3, 0.4) is 0 Å². The van der Waals surface area contributed by atoms with Crippen molar-refractivity contribution < 1.29 is 14.2 Å². The van der Waals surface area contributed by atoms with Crippen molar-refractivity contribution in [1.29, 1.82) is 0 Å². The summed E-state index contributed by atoms with van der Waals surface area (Å²) in [4.78, 5) is 4.76. The molecule has 0 aliphatic rings. The minimum absolute atomic E-state index is 0.343. The number of para-hydroxylation sites is 2. The third kappa shape index (κ3) is 5.06. The van der Waals surface area contributed by atoms with Crippen molar-refractivity contribution in [3.8, 4) is 17.2 Å². The fourth-order valence-electron chi connectivity index (χ4n) is 3.54. The topological polar surface area (TPSA) is 45.5 Å². The zero-order chi connectivity index (χ0) is 22.3. The van der Waals surface area contributed by atoms with Gasteiger partial charge in [-0.1, -0.05) is 35.9 Å². The maximum atomic E-state index is 6.06. The second-order valence-corrected chi connectivity index (χ2v) is 7.67. The van der Waals surface area contributed by atoms with Crippen molar-refractivity contribution in [1.82, 2.24) is 9.55 Å². The third-order valence-corrected chi connectivity index (χ3v) is 5.35. The normalized spacial score (nSPS) is 10.8. The molecule has 0 atom stereocenters. The van der Waals surface area contributed by atoms with Gasteiger partial charge in [0.25, 0.3) is 0 Å². The number of ether oxygens (including phenoxy) is 3. The summed E-state index contributed by atoms with van der Waals surface area (Å²) in [6.07, 6.45) is 2.65. The highest BCUT2D eigenvalue weighted by atomic mass is 35.5. The molecule has 32 heavy (non-hydrogen) atoms. The molecule has 0 bridgehead atoms. The minimum atomic E-state index is 0.343. The fourth-order valence-corrected chi connectivity index (χ4v) is 3.66. The lowest BCUT2D eigenvalue weighted by Gasteiger charge is -2.14. The van der Waals surface area contributed by atoms with E-state index in [9.17, 15) is 0 Å². The molecule has 4 rings (SSSR count). The molecular weight excluding hydrogens is 424 g/mol. The van der Waals surface area contributed by atoms with Crippen molar-refractivity contribution in [2.45, 2.75) is 19.6 Å². The van der Waals surface area contributed by atoms with E-state index >= 15 is 0 Å². The van der Waals surface area contributed by atoms with E-state index in [4.69, 9.17) is 30.8 Å². The van der Waals surface area contributed by atoms with Crippen LogP contribution in [0.2, 0.25) is 5.02 Å². The second kappa shape index (κ2) is 10.2. The van der Waals surface area contributed by atoms with Gasteiger partial charge in [0.1, 0.15) is 24.8 Å². The third-order valence-electron chi connectivity index (χ3n) is 5.10. The summed E-state index contributed by atoms with van der Waals surface area (Å²) < 4.78 is 19.6. The summed E-state index contributed by atoms with van der Waals surface area (Å²) in [6, 6.07) is 21.3. The molecule has 3 aromatic carbocycles. The Kier molecular flexibility index (Phi) is 6.97. The van der Waals surface area contributed by atoms with Crippen molar-refractivity contribution in [2.75, 3.05) is 13.7 Å². The molecule has 1 aromatic heterocycles. The number of rotatable bonds is 10. The van der Waals surface area contributed by atoms with Crippen LogP contribution in [0.1, 0.15) is 11.4 Å². The Hall–Kier alpha value is -3.44. The van der Waals surface area contributed by atoms with Crippen LogP contribution in [0.25, 0.3) is 11.0 Å². The molecule has 0 saturated heterocycles. The molecule has 0 unspecified atom stereocenters. The lowest BCUT2D eigenvalue weighted by atomic mass is 10.1. The molecule has 0 spiro atoms. The Balaban J connectivity index is 1.49. The Morgan fingerprint density at radius 3 is 2.59 bits per heavy atom. The number of nitrogens with zero attached hydrogens (tertiary/aromatic N) is 2. The average molecular weight is 449 g/mol. The first-order valence-corrected chi connectivity index (χ1v) is 10.8. The number of imidazole rings is 1. The number of allylic oxidation sites excluding steroid dienone is 1. The molecule has 0 N–H and O–H groups in total. The maximum absolute atomic E-state index is 6.06. The van der Waals surface area contributed by atoms with E-state index in [-0.39, 0.29) is 0 Å². The van der Waals surface area contributed by atoms with E-state index in [0.29, 0.717) is 36.3 Å². The number of aromatic nitrogens is 2.